The van der Waals surface area contributed by atoms with Crippen molar-refractivity contribution in [3.05, 3.63) is 47.2 Å². The van der Waals surface area contributed by atoms with Crippen molar-refractivity contribution in [2.45, 2.75) is 31.5 Å². The first kappa shape index (κ1) is 18.5. The molecule has 2 saturated heterocycles. The number of rotatable bonds is 5. The third kappa shape index (κ3) is 2.88. The molecule has 1 unspecified atom stereocenters. The second-order valence-corrected chi connectivity index (χ2v) is 7.61. The van der Waals surface area contributed by atoms with E-state index in [1.165, 1.54) is 0 Å². The zero-order valence-electron chi connectivity index (χ0n) is 16.1. The van der Waals surface area contributed by atoms with Crippen molar-refractivity contribution < 1.29 is 19.2 Å². The summed E-state index contributed by atoms with van der Waals surface area (Å²) in [7, 11) is 0. The van der Waals surface area contributed by atoms with Gasteiger partial charge in [0.15, 0.2) is 0 Å². The summed E-state index contributed by atoms with van der Waals surface area (Å²) in [6.07, 6.45) is 1.95. The van der Waals surface area contributed by atoms with E-state index in [2.05, 4.69) is 21.0 Å². The molecule has 0 bridgehead atoms. The highest BCUT2D eigenvalue weighted by Gasteiger charge is 2.45. The van der Waals surface area contributed by atoms with Gasteiger partial charge in [-0.25, -0.2) is 4.68 Å². The minimum absolute atomic E-state index is 0.0955. The molecule has 154 valence electrons. The van der Waals surface area contributed by atoms with Crippen molar-refractivity contribution in [2.24, 2.45) is 0 Å². The van der Waals surface area contributed by atoms with E-state index in [1.54, 1.807) is 24.4 Å². The average molecular weight is 408 g/mol. The molecule has 10 nitrogen and oxygen atoms in total. The van der Waals surface area contributed by atoms with Gasteiger partial charge in [-0.3, -0.25) is 29.4 Å². The van der Waals surface area contributed by atoms with Gasteiger partial charge in [0.2, 0.25) is 11.8 Å². The molecule has 2 fully saturated rings. The molecular formula is C20H20N6O4. The van der Waals surface area contributed by atoms with Gasteiger partial charge >= 0.3 is 0 Å². The van der Waals surface area contributed by atoms with Crippen LogP contribution in [0.5, 0.6) is 0 Å². The molecule has 3 aliphatic heterocycles. The number of imide groups is 2. The number of hydrogen-bond donors (Lipinski definition) is 3. The minimum atomic E-state index is -0.969. The van der Waals surface area contributed by atoms with Gasteiger partial charge in [-0.05, 0) is 18.1 Å². The van der Waals surface area contributed by atoms with Crippen molar-refractivity contribution in [2.75, 3.05) is 18.4 Å². The van der Waals surface area contributed by atoms with Gasteiger partial charge in [0.05, 0.1) is 23.4 Å². The zero-order valence-corrected chi connectivity index (χ0v) is 16.1. The highest BCUT2D eigenvalue weighted by Crippen LogP contribution is 2.30. The summed E-state index contributed by atoms with van der Waals surface area (Å²) in [6, 6.07) is 6.29. The number of fused-ring (bicyclic) bond motifs is 1. The molecule has 1 aromatic heterocycles. The Morgan fingerprint density at radius 2 is 1.93 bits per heavy atom. The van der Waals surface area contributed by atoms with Gasteiger partial charge in [0.25, 0.3) is 11.8 Å². The predicted octanol–water partition coefficient (Wildman–Crippen LogP) is 0.0407. The quantitative estimate of drug-likeness (QED) is 0.597. The Balaban J connectivity index is 1.39. The molecule has 5 rings (SSSR count). The lowest BCUT2D eigenvalue weighted by molar-refractivity contribution is -0.136. The van der Waals surface area contributed by atoms with Crippen molar-refractivity contribution in [1.82, 2.24) is 25.3 Å². The Labute approximate surface area is 171 Å². The third-order valence-corrected chi connectivity index (χ3v) is 5.79. The van der Waals surface area contributed by atoms with Crippen LogP contribution in [0.1, 0.15) is 45.2 Å². The molecule has 1 aromatic carbocycles. The molecule has 0 aliphatic carbocycles. The molecule has 4 amide bonds. The molecule has 4 heterocycles. The summed E-state index contributed by atoms with van der Waals surface area (Å²) in [4.78, 5) is 50.7. The van der Waals surface area contributed by atoms with Crippen LogP contribution in [-0.2, 0) is 16.1 Å². The van der Waals surface area contributed by atoms with Gasteiger partial charge in [-0.2, -0.15) is 5.10 Å². The van der Waals surface area contributed by atoms with Crippen LogP contribution in [-0.4, -0.2) is 57.4 Å². The molecule has 10 heteroatoms. The second kappa shape index (κ2) is 7.06. The lowest BCUT2D eigenvalue weighted by Gasteiger charge is -2.29. The van der Waals surface area contributed by atoms with Crippen LogP contribution in [0.2, 0.25) is 0 Å². The number of piperidine rings is 1. The molecule has 3 N–H and O–H groups in total. The van der Waals surface area contributed by atoms with Crippen LogP contribution in [0.15, 0.2) is 30.5 Å². The average Bonchev–Trinajstić information content (AvgIpc) is 3.23. The summed E-state index contributed by atoms with van der Waals surface area (Å²) < 4.78 is 1.91. The van der Waals surface area contributed by atoms with E-state index in [-0.39, 0.29) is 24.4 Å². The molecule has 0 saturated carbocycles. The number of anilines is 1. The first-order valence-electron chi connectivity index (χ1n) is 9.86. The standard InChI is InChI=1S/C20H20N6O4/c27-16-5-4-14(18(28)24-16)25-19(29)13-3-1-2-11(17(13)20(25)30)8-22-15-6-7-23-26(15)12-9-21-10-12/h1-3,6-7,12,14,21-22H,4-5,8-10H2,(H,24,27,28). The fourth-order valence-corrected chi connectivity index (χ4v) is 4.11. The highest BCUT2D eigenvalue weighted by molar-refractivity contribution is 6.24. The first-order valence-corrected chi connectivity index (χ1v) is 9.86. The van der Waals surface area contributed by atoms with Gasteiger partial charge < -0.3 is 10.6 Å². The molecule has 1 atom stereocenters. The molecule has 2 aromatic rings. The van der Waals surface area contributed by atoms with Gasteiger partial charge in [0.1, 0.15) is 11.9 Å². The Morgan fingerprint density at radius 1 is 1.10 bits per heavy atom. The number of nitrogens with one attached hydrogen (secondary N) is 3. The molecule has 30 heavy (non-hydrogen) atoms. The number of nitrogens with zero attached hydrogens (tertiary/aromatic N) is 3. The molecule has 0 spiro atoms. The molecule has 0 radical (unpaired) electrons. The van der Waals surface area contributed by atoms with Gasteiger partial charge in [-0.15, -0.1) is 0 Å². The monoisotopic (exact) mass is 408 g/mol. The maximum Gasteiger partial charge on any atom is 0.262 e. The fraction of sp³-hybridized carbons (Fsp3) is 0.350. The van der Waals surface area contributed by atoms with Crippen LogP contribution in [0, 0.1) is 0 Å². The van der Waals surface area contributed by atoms with Crippen LogP contribution in [0.25, 0.3) is 0 Å². The summed E-state index contributed by atoms with van der Waals surface area (Å²) in [5, 5.41) is 13.1. The Bertz CT molecular complexity index is 1070. The Morgan fingerprint density at radius 3 is 2.67 bits per heavy atom. The van der Waals surface area contributed by atoms with E-state index in [9.17, 15) is 19.2 Å². The van der Waals surface area contributed by atoms with Crippen molar-refractivity contribution >= 4 is 29.4 Å². The van der Waals surface area contributed by atoms with Crippen LogP contribution >= 0.6 is 0 Å². The van der Waals surface area contributed by atoms with Crippen molar-refractivity contribution in [3.63, 3.8) is 0 Å². The topological polar surface area (TPSA) is 125 Å². The van der Waals surface area contributed by atoms with E-state index in [0.29, 0.717) is 17.7 Å². The van der Waals surface area contributed by atoms with Crippen molar-refractivity contribution in [1.29, 1.82) is 0 Å². The maximum absolute atomic E-state index is 13.1. The van der Waals surface area contributed by atoms with Crippen LogP contribution in [0.3, 0.4) is 0 Å². The number of carbonyl (C=O) groups excluding carboxylic acids is 4. The Hall–Kier alpha value is -3.53. The number of amides is 4. The zero-order chi connectivity index (χ0) is 20.8. The summed E-state index contributed by atoms with van der Waals surface area (Å²) in [6.45, 7) is 2.03. The lowest BCUT2D eigenvalue weighted by Crippen LogP contribution is -2.54. The fourth-order valence-electron chi connectivity index (χ4n) is 4.11. The van der Waals surface area contributed by atoms with Crippen molar-refractivity contribution in [3.8, 4) is 0 Å². The molecular weight excluding hydrogens is 388 g/mol. The van der Waals surface area contributed by atoms with Gasteiger partial charge in [0, 0.05) is 32.1 Å². The van der Waals surface area contributed by atoms with E-state index in [0.717, 1.165) is 23.8 Å². The first-order chi connectivity index (χ1) is 14.5. The van der Waals surface area contributed by atoms with E-state index < -0.39 is 29.7 Å². The normalized spacial score (nSPS) is 21.5. The van der Waals surface area contributed by atoms with E-state index in [1.807, 2.05) is 10.7 Å². The largest absolute Gasteiger partial charge is 0.366 e. The van der Waals surface area contributed by atoms with Gasteiger partial charge in [-0.1, -0.05) is 12.1 Å². The number of aromatic nitrogens is 2. The third-order valence-electron chi connectivity index (χ3n) is 5.79. The van der Waals surface area contributed by atoms with Crippen LogP contribution < -0.4 is 16.0 Å². The SMILES string of the molecule is O=C1CCC(N2C(=O)c3cccc(CNc4ccnn4C4CNC4)c3C2=O)C(=O)N1. The highest BCUT2D eigenvalue weighted by atomic mass is 16.2. The maximum atomic E-state index is 13.1. The lowest BCUT2D eigenvalue weighted by atomic mass is 10.0. The number of carbonyl (C=O) groups is 4. The molecule has 3 aliphatic rings. The number of benzene rings is 1. The Kier molecular flexibility index (Phi) is 4.35. The van der Waals surface area contributed by atoms with Crippen LogP contribution in [0.4, 0.5) is 5.82 Å². The minimum Gasteiger partial charge on any atom is -0.366 e. The second-order valence-electron chi connectivity index (χ2n) is 7.61. The summed E-state index contributed by atoms with van der Waals surface area (Å²) in [5.41, 5.74) is 1.25. The summed E-state index contributed by atoms with van der Waals surface area (Å²) in [5.74, 6) is -1.18. The summed E-state index contributed by atoms with van der Waals surface area (Å²) >= 11 is 0. The number of hydrogen-bond acceptors (Lipinski definition) is 7. The van der Waals surface area contributed by atoms with E-state index in [4.69, 9.17) is 0 Å². The predicted molar refractivity (Wildman–Crippen MR) is 105 cm³/mol. The smallest absolute Gasteiger partial charge is 0.262 e. The van der Waals surface area contributed by atoms with E-state index >= 15 is 0 Å².